The molecule has 1 N–H and O–H groups in total. The van der Waals surface area contributed by atoms with Crippen LogP contribution in [0.2, 0.25) is 0 Å². The largest absolute Gasteiger partial charge is 0.496 e. The van der Waals surface area contributed by atoms with Crippen LogP contribution in [0, 0.1) is 11.6 Å². The highest BCUT2D eigenvalue weighted by molar-refractivity contribution is 7.99. The Balaban J connectivity index is 1.73. The molecule has 6 nitrogen and oxygen atoms in total. The minimum Gasteiger partial charge on any atom is -0.496 e. The van der Waals surface area contributed by atoms with Gasteiger partial charge in [0.15, 0.2) is 11.0 Å². The topological polar surface area (TPSA) is 69.0 Å². The first-order valence-electron chi connectivity index (χ1n) is 8.47. The fraction of sp³-hybridized carbons (Fsp3) is 0.211. The zero-order valence-electron chi connectivity index (χ0n) is 15.3. The van der Waals surface area contributed by atoms with Gasteiger partial charge >= 0.3 is 0 Å². The number of aromatic nitrogens is 3. The molecule has 0 aliphatic carbocycles. The number of para-hydroxylation sites is 1. The van der Waals surface area contributed by atoms with Gasteiger partial charge in [-0.15, -0.1) is 10.2 Å². The van der Waals surface area contributed by atoms with Crippen LogP contribution in [0.15, 0.2) is 47.6 Å². The number of anilines is 1. The van der Waals surface area contributed by atoms with Crippen LogP contribution in [-0.4, -0.2) is 33.5 Å². The van der Waals surface area contributed by atoms with Crippen LogP contribution in [0.4, 0.5) is 14.5 Å². The molecule has 0 fully saturated rings. The molecule has 1 aromatic heterocycles. The Morgan fingerprint density at radius 1 is 1.21 bits per heavy atom. The summed E-state index contributed by atoms with van der Waals surface area (Å²) in [5.41, 5.74) is 0.725. The molecule has 2 aromatic carbocycles. The Hall–Kier alpha value is -2.94. The first-order valence-corrected chi connectivity index (χ1v) is 9.46. The molecular formula is C19H18F2N4O2S. The summed E-state index contributed by atoms with van der Waals surface area (Å²) in [7, 11) is 1.58. The van der Waals surface area contributed by atoms with Crippen LogP contribution in [-0.2, 0) is 11.3 Å². The molecule has 1 amide bonds. The summed E-state index contributed by atoms with van der Waals surface area (Å²) < 4.78 is 33.9. The van der Waals surface area contributed by atoms with E-state index in [2.05, 4.69) is 15.5 Å². The zero-order valence-corrected chi connectivity index (χ0v) is 16.1. The van der Waals surface area contributed by atoms with Crippen LogP contribution >= 0.6 is 11.8 Å². The Kier molecular flexibility index (Phi) is 6.25. The fourth-order valence-corrected chi connectivity index (χ4v) is 3.42. The number of amides is 1. The number of rotatable bonds is 7. The molecule has 3 rings (SSSR count). The molecule has 28 heavy (non-hydrogen) atoms. The second-order valence-corrected chi connectivity index (χ2v) is 6.65. The van der Waals surface area contributed by atoms with Gasteiger partial charge in [-0.3, -0.25) is 4.79 Å². The number of methoxy groups -OCH3 is 1. The molecule has 146 valence electrons. The van der Waals surface area contributed by atoms with Gasteiger partial charge in [0.05, 0.1) is 24.1 Å². The molecule has 0 radical (unpaired) electrons. The average molecular weight is 404 g/mol. The number of benzene rings is 2. The van der Waals surface area contributed by atoms with E-state index in [1.54, 1.807) is 7.11 Å². The lowest BCUT2D eigenvalue weighted by molar-refractivity contribution is -0.113. The molecule has 3 aromatic rings. The van der Waals surface area contributed by atoms with Crippen LogP contribution < -0.4 is 10.1 Å². The predicted molar refractivity (Wildman–Crippen MR) is 103 cm³/mol. The molecule has 0 aliphatic heterocycles. The third-order valence-corrected chi connectivity index (χ3v) is 4.89. The molecule has 0 aliphatic rings. The summed E-state index contributed by atoms with van der Waals surface area (Å²) >= 11 is 1.18. The number of nitrogens with zero attached hydrogens (tertiary/aromatic N) is 3. The van der Waals surface area contributed by atoms with Crippen LogP contribution in [0.5, 0.6) is 5.75 Å². The lowest BCUT2D eigenvalue weighted by atomic mass is 10.2. The predicted octanol–water partition coefficient (Wildman–Crippen LogP) is 3.98. The van der Waals surface area contributed by atoms with Crippen molar-refractivity contribution in [2.24, 2.45) is 0 Å². The minimum atomic E-state index is -0.825. The van der Waals surface area contributed by atoms with Crippen LogP contribution in [0.1, 0.15) is 6.92 Å². The van der Waals surface area contributed by atoms with Gasteiger partial charge in [-0.05, 0) is 31.2 Å². The molecule has 9 heteroatoms. The highest BCUT2D eigenvalue weighted by Gasteiger charge is 2.17. The zero-order chi connectivity index (χ0) is 20.1. The lowest BCUT2D eigenvalue weighted by Crippen LogP contribution is -2.15. The van der Waals surface area contributed by atoms with Gasteiger partial charge < -0.3 is 14.6 Å². The van der Waals surface area contributed by atoms with Crippen molar-refractivity contribution >= 4 is 23.4 Å². The highest BCUT2D eigenvalue weighted by Crippen LogP contribution is 2.30. The SMILES string of the molecule is CCn1c(SCC(=O)Nc2ccc(F)cc2F)nnc1-c1ccccc1OC. The third-order valence-electron chi connectivity index (χ3n) is 3.92. The lowest BCUT2D eigenvalue weighted by Gasteiger charge is -2.10. The summed E-state index contributed by atoms with van der Waals surface area (Å²) in [5, 5.41) is 11.4. The van der Waals surface area contributed by atoms with Gasteiger partial charge in [0, 0.05) is 12.6 Å². The van der Waals surface area contributed by atoms with E-state index in [1.165, 1.54) is 17.8 Å². The van der Waals surface area contributed by atoms with E-state index in [9.17, 15) is 13.6 Å². The van der Waals surface area contributed by atoms with E-state index in [4.69, 9.17) is 4.74 Å². The monoisotopic (exact) mass is 404 g/mol. The first-order chi connectivity index (χ1) is 13.5. The first kappa shape index (κ1) is 19.8. The molecule has 0 saturated carbocycles. The maximum absolute atomic E-state index is 13.7. The van der Waals surface area contributed by atoms with E-state index < -0.39 is 17.5 Å². The quantitative estimate of drug-likeness (QED) is 0.603. The van der Waals surface area contributed by atoms with E-state index in [0.29, 0.717) is 23.3 Å². The highest BCUT2D eigenvalue weighted by atomic mass is 32.2. The Labute approximate surface area is 164 Å². The van der Waals surface area contributed by atoms with Crippen molar-refractivity contribution in [2.75, 3.05) is 18.2 Å². The van der Waals surface area contributed by atoms with Crippen molar-refractivity contribution < 1.29 is 18.3 Å². The number of halogens is 2. The van der Waals surface area contributed by atoms with Crippen molar-refractivity contribution in [1.82, 2.24) is 14.8 Å². The number of nitrogens with one attached hydrogen (secondary N) is 1. The van der Waals surface area contributed by atoms with Crippen molar-refractivity contribution in [1.29, 1.82) is 0 Å². The summed E-state index contributed by atoms with van der Waals surface area (Å²) in [6.07, 6.45) is 0. The second kappa shape index (κ2) is 8.83. The maximum Gasteiger partial charge on any atom is 0.234 e. The fourth-order valence-electron chi connectivity index (χ4n) is 2.62. The number of carbonyl (C=O) groups is 1. The number of carbonyl (C=O) groups excluding carboxylic acids is 1. The second-order valence-electron chi connectivity index (χ2n) is 5.71. The van der Waals surface area contributed by atoms with Crippen molar-refractivity contribution in [2.45, 2.75) is 18.6 Å². The van der Waals surface area contributed by atoms with Gasteiger partial charge in [-0.2, -0.15) is 0 Å². The molecular weight excluding hydrogens is 386 g/mol. The van der Waals surface area contributed by atoms with Crippen molar-refractivity contribution in [3.05, 3.63) is 54.1 Å². The number of hydrogen-bond donors (Lipinski definition) is 1. The molecule has 0 bridgehead atoms. The maximum atomic E-state index is 13.7. The average Bonchev–Trinajstić information content (AvgIpc) is 3.11. The normalized spacial score (nSPS) is 10.7. The van der Waals surface area contributed by atoms with Gasteiger partial charge in [0.25, 0.3) is 0 Å². The molecule has 0 atom stereocenters. The Morgan fingerprint density at radius 3 is 2.71 bits per heavy atom. The Bertz CT molecular complexity index is 994. The standard InChI is InChI=1S/C19H18F2N4O2S/c1-3-25-18(13-6-4-5-7-16(13)27-2)23-24-19(25)28-11-17(26)22-15-9-8-12(20)10-14(15)21/h4-10H,3,11H2,1-2H3,(H,22,26). The molecule has 1 heterocycles. The molecule has 0 spiro atoms. The molecule has 0 saturated heterocycles. The van der Waals surface area contributed by atoms with Crippen molar-refractivity contribution in [3.63, 3.8) is 0 Å². The van der Waals surface area contributed by atoms with Crippen LogP contribution in [0.3, 0.4) is 0 Å². The minimum absolute atomic E-state index is 0.000867. The van der Waals surface area contributed by atoms with Crippen LogP contribution in [0.25, 0.3) is 11.4 Å². The van der Waals surface area contributed by atoms with Crippen molar-refractivity contribution in [3.8, 4) is 17.1 Å². The smallest absolute Gasteiger partial charge is 0.234 e. The third kappa shape index (κ3) is 4.30. The summed E-state index contributed by atoms with van der Waals surface area (Å²) in [6, 6.07) is 10.4. The number of hydrogen-bond acceptors (Lipinski definition) is 5. The van der Waals surface area contributed by atoms with E-state index in [0.717, 1.165) is 17.7 Å². The summed E-state index contributed by atoms with van der Waals surface area (Å²) in [4.78, 5) is 12.1. The van der Waals surface area contributed by atoms with E-state index >= 15 is 0 Å². The number of ether oxygens (including phenoxy) is 1. The van der Waals surface area contributed by atoms with Gasteiger partial charge in [-0.25, -0.2) is 8.78 Å². The van der Waals surface area contributed by atoms with E-state index in [-0.39, 0.29) is 11.4 Å². The van der Waals surface area contributed by atoms with E-state index in [1.807, 2.05) is 35.8 Å². The Morgan fingerprint density at radius 2 is 2.00 bits per heavy atom. The number of thioether (sulfide) groups is 1. The van der Waals surface area contributed by atoms with Gasteiger partial charge in [-0.1, -0.05) is 23.9 Å². The summed E-state index contributed by atoms with van der Waals surface area (Å²) in [6.45, 7) is 2.54. The van der Waals surface area contributed by atoms with Gasteiger partial charge in [0.1, 0.15) is 17.4 Å². The molecule has 0 unspecified atom stereocenters. The summed E-state index contributed by atoms with van der Waals surface area (Å²) in [5.74, 6) is -0.655. The van der Waals surface area contributed by atoms with Gasteiger partial charge in [0.2, 0.25) is 5.91 Å².